The molecule has 1 saturated carbocycles. The van der Waals surface area contributed by atoms with Crippen LogP contribution in [0.4, 0.5) is 4.39 Å². The number of hydrogen-bond donors (Lipinski definition) is 1. The molecule has 0 spiro atoms. The van der Waals surface area contributed by atoms with Gasteiger partial charge < -0.3 is 5.11 Å². The first-order valence-corrected chi connectivity index (χ1v) is 6.86. The number of aryl methyl sites for hydroxylation is 1. The Kier molecular flexibility index (Phi) is 3.27. The summed E-state index contributed by atoms with van der Waals surface area (Å²) in [5.74, 6) is -0.155. The third-order valence-corrected chi connectivity index (χ3v) is 4.15. The van der Waals surface area contributed by atoms with Gasteiger partial charge in [-0.25, -0.2) is 4.39 Å². The molecule has 1 N–H and O–H groups in total. The summed E-state index contributed by atoms with van der Waals surface area (Å²) in [7, 11) is 0. The highest BCUT2D eigenvalue weighted by Gasteiger charge is 2.33. The summed E-state index contributed by atoms with van der Waals surface area (Å²) in [4.78, 5) is 0.635. The topological polar surface area (TPSA) is 20.2 Å². The molecule has 1 aliphatic rings. The zero-order valence-corrected chi connectivity index (χ0v) is 10.5. The van der Waals surface area contributed by atoms with Crippen molar-refractivity contribution in [2.24, 2.45) is 0 Å². The second-order valence-corrected chi connectivity index (χ2v) is 5.40. The monoisotopic (exact) mass is 240 g/mol. The van der Waals surface area contributed by atoms with Crippen LogP contribution in [0.5, 0.6) is 0 Å². The Bertz CT molecular complexity index is 397. The minimum atomic E-state index is -0.719. The number of halogens is 1. The fourth-order valence-corrected chi connectivity index (χ4v) is 2.99. The van der Waals surface area contributed by atoms with Crippen molar-refractivity contribution in [3.05, 3.63) is 29.1 Å². The zero-order valence-electron chi connectivity index (χ0n) is 9.72. The standard InChI is InChI=1S/C13H17FOS/c1-9-7-10(8-11(16-2)12(9)14)13(15)5-3-4-6-13/h7-8,15H,3-6H2,1-2H3. The Morgan fingerprint density at radius 2 is 1.94 bits per heavy atom. The second-order valence-electron chi connectivity index (χ2n) is 4.55. The summed E-state index contributed by atoms with van der Waals surface area (Å²) >= 11 is 1.40. The molecule has 0 saturated heterocycles. The van der Waals surface area contributed by atoms with E-state index >= 15 is 0 Å². The van der Waals surface area contributed by atoms with Crippen LogP contribution in [0.2, 0.25) is 0 Å². The molecule has 0 heterocycles. The summed E-state index contributed by atoms with van der Waals surface area (Å²) < 4.78 is 13.7. The summed E-state index contributed by atoms with van der Waals surface area (Å²) in [6, 6.07) is 3.60. The molecule has 88 valence electrons. The molecule has 0 unspecified atom stereocenters. The predicted octanol–water partition coefficient (Wildman–Crippen LogP) is 3.62. The molecule has 0 bridgehead atoms. The van der Waals surface area contributed by atoms with Crippen LogP contribution in [0.15, 0.2) is 17.0 Å². The summed E-state index contributed by atoms with van der Waals surface area (Å²) in [5, 5.41) is 10.5. The highest BCUT2D eigenvalue weighted by molar-refractivity contribution is 7.98. The molecule has 1 aliphatic carbocycles. The van der Waals surface area contributed by atoms with Gasteiger partial charge in [0.05, 0.1) is 5.60 Å². The zero-order chi connectivity index (χ0) is 11.8. The third kappa shape index (κ3) is 1.98. The highest BCUT2D eigenvalue weighted by Crippen LogP contribution is 2.40. The van der Waals surface area contributed by atoms with E-state index in [1.807, 2.05) is 6.26 Å². The molecule has 1 nitrogen and oxygen atoms in total. The number of aliphatic hydroxyl groups is 1. The molecule has 3 heteroatoms. The third-order valence-electron chi connectivity index (χ3n) is 3.41. The molecule has 0 aliphatic heterocycles. The van der Waals surface area contributed by atoms with Gasteiger partial charge in [-0.05, 0) is 43.2 Å². The Morgan fingerprint density at radius 3 is 2.50 bits per heavy atom. The van der Waals surface area contributed by atoms with E-state index < -0.39 is 5.60 Å². The Labute approximate surface area is 100 Å². The van der Waals surface area contributed by atoms with Gasteiger partial charge in [0.2, 0.25) is 0 Å². The van der Waals surface area contributed by atoms with Gasteiger partial charge in [0.1, 0.15) is 5.82 Å². The minimum absolute atomic E-state index is 0.155. The van der Waals surface area contributed by atoms with Gasteiger partial charge in [0, 0.05) is 4.90 Å². The average Bonchev–Trinajstić information content (AvgIpc) is 2.70. The first-order chi connectivity index (χ1) is 7.57. The van der Waals surface area contributed by atoms with Crippen molar-refractivity contribution in [1.29, 1.82) is 0 Å². The minimum Gasteiger partial charge on any atom is -0.385 e. The van der Waals surface area contributed by atoms with Crippen LogP contribution >= 0.6 is 11.8 Å². The second kappa shape index (κ2) is 4.38. The molecule has 1 aromatic rings. The quantitative estimate of drug-likeness (QED) is 0.797. The lowest BCUT2D eigenvalue weighted by Gasteiger charge is -2.24. The van der Waals surface area contributed by atoms with Gasteiger partial charge in [0.15, 0.2) is 0 Å². The smallest absolute Gasteiger partial charge is 0.139 e. The molecular formula is C13H17FOS. The fraction of sp³-hybridized carbons (Fsp3) is 0.538. The van der Waals surface area contributed by atoms with Gasteiger partial charge in [-0.15, -0.1) is 11.8 Å². The fourth-order valence-electron chi connectivity index (χ4n) is 2.40. The van der Waals surface area contributed by atoms with Crippen LogP contribution in [0, 0.1) is 12.7 Å². The SMILES string of the molecule is CSc1cc(C2(O)CCCC2)cc(C)c1F. The van der Waals surface area contributed by atoms with Crippen molar-refractivity contribution in [2.45, 2.75) is 43.1 Å². The van der Waals surface area contributed by atoms with Gasteiger partial charge in [-0.2, -0.15) is 0 Å². The molecule has 2 rings (SSSR count). The Balaban J connectivity index is 2.45. The molecule has 0 radical (unpaired) electrons. The molecule has 0 amide bonds. The van der Waals surface area contributed by atoms with Crippen LogP contribution in [-0.2, 0) is 5.60 Å². The van der Waals surface area contributed by atoms with Crippen LogP contribution in [0.3, 0.4) is 0 Å². The Hall–Kier alpha value is -0.540. The summed E-state index contributed by atoms with van der Waals surface area (Å²) in [5.41, 5.74) is 0.790. The van der Waals surface area contributed by atoms with Gasteiger partial charge >= 0.3 is 0 Å². The molecular weight excluding hydrogens is 223 g/mol. The average molecular weight is 240 g/mol. The maximum Gasteiger partial charge on any atom is 0.139 e. The van der Waals surface area contributed by atoms with Crippen LogP contribution in [0.25, 0.3) is 0 Å². The van der Waals surface area contributed by atoms with E-state index in [-0.39, 0.29) is 5.82 Å². The molecule has 16 heavy (non-hydrogen) atoms. The van der Waals surface area contributed by atoms with Crippen molar-refractivity contribution >= 4 is 11.8 Å². The maximum absolute atomic E-state index is 13.7. The molecule has 0 atom stereocenters. The van der Waals surface area contributed by atoms with Crippen molar-refractivity contribution in [3.63, 3.8) is 0 Å². The lowest BCUT2D eigenvalue weighted by Crippen LogP contribution is -2.21. The van der Waals surface area contributed by atoms with Crippen molar-refractivity contribution in [1.82, 2.24) is 0 Å². The van der Waals surface area contributed by atoms with E-state index in [0.29, 0.717) is 10.5 Å². The van der Waals surface area contributed by atoms with Gasteiger partial charge in [0.25, 0.3) is 0 Å². The number of benzene rings is 1. The van der Waals surface area contributed by atoms with Crippen molar-refractivity contribution in [3.8, 4) is 0 Å². The number of hydrogen-bond acceptors (Lipinski definition) is 2. The first-order valence-electron chi connectivity index (χ1n) is 5.64. The number of rotatable bonds is 2. The normalized spacial score (nSPS) is 19.0. The molecule has 0 aromatic heterocycles. The van der Waals surface area contributed by atoms with E-state index in [2.05, 4.69) is 0 Å². The van der Waals surface area contributed by atoms with Gasteiger partial charge in [-0.3, -0.25) is 0 Å². The lowest BCUT2D eigenvalue weighted by molar-refractivity contribution is 0.0441. The van der Waals surface area contributed by atoms with Crippen LogP contribution in [-0.4, -0.2) is 11.4 Å². The Morgan fingerprint density at radius 1 is 1.31 bits per heavy atom. The first kappa shape index (κ1) is 11.9. The highest BCUT2D eigenvalue weighted by atomic mass is 32.2. The van der Waals surface area contributed by atoms with Crippen LogP contribution in [0.1, 0.15) is 36.8 Å². The molecule has 1 aromatic carbocycles. The van der Waals surface area contributed by atoms with E-state index in [9.17, 15) is 9.50 Å². The summed E-state index contributed by atoms with van der Waals surface area (Å²) in [6.45, 7) is 1.76. The van der Waals surface area contributed by atoms with Crippen LogP contribution < -0.4 is 0 Å². The molecule has 1 fully saturated rings. The van der Waals surface area contributed by atoms with Crippen molar-refractivity contribution < 1.29 is 9.50 Å². The van der Waals surface area contributed by atoms with E-state index in [1.165, 1.54) is 11.8 Å². The maximum atomic E-state index is 13.7. The van der Waals surface area contributed by atoms with E-state index in [1.54, 1.807) is 19.1 Å². The largest absolute Gasteiger partial charge is 0.385 e. The number of thioether (sulfide) groups is 1. The predicted molar refractivity (Wildman–Crippen MR) is 65.3 cm³/mol. The lowest BCUT2D eigenvalue weighted by atomic mass is 9.91. The van der Waals surface area contributed by atoms with Crippen molar-refractivity contribution in [2.75, 3.05) is 6.26 Å². The summed E-state index contributed by atoms with van der Waals surface area (Å²) in [6.07, 6.45) is 5.57. The van der Waals surface area contributed by atoms with Gasteiger partial charge in [-0.1, -0.05) is 18.9 Å². The van der Waals surface area contributed by atoms with E-state index in [0.717, 1.165) is 31.2 Å². The van der Waals surface area contributed by atoms with E-state index in [4.69, 9.17) is 0 Å².